The minimum Gasteiger partial charge on any atom is -0.206 e. The average molecular weight is 304 g/mol. The zero-order valence-electron chi connectivity index (χ0n) is 13.7. The fourth-order valence-corrected chi connectivity index (χ4v) is 5.32. The van der Waals surface area contributed by atoms with Crippen molar-refractivity contribution in [1.82, 2.24) is 0 Å². The highest BCUT2D eigenvalue weighted by molar-refractivity contribution is 8.14. The summed E-state index contributed by atoms with van der Waals surface area (Å²) < 4.78 is 15.0. The van der Waals surface area contributed by atoms with Crippen LogP contribution in [0.5, 0.6) is 0 Å². The molecule has 0 bridgehead atoms. The first-order valence-electron chi connectivity index (χ1n) is 8.04. The van der Waals surface area contributed by atoms with Crippen molar-refractivity contribution in [2.45, 2.75) is 63.3 Å². The third-order valence-corrected chi connectivity index (χ3v) is 8.14. The van der Waals surface area contributed by atoms with Crippen LogP contribution in [0.3, 0.4) is 0 Å². The molecule has 0 N–H and O–H groups in total. The molecule has 2 aliphatic rings. The Morgan fingerprint density at radius 1 is 1.14 bits per heavy atom. The van der Waals surface area contributed by atoms with Crippen molar-refractivity contribution in [1.29, 1.82) is 0 Å². The molecular weight excluding hydrogens is 278 g/mol. The molecule has 1 aromatic rings. The SMILES string of the molecule is C=S(c1cccc(B2CC(C)(C)C(C)(C)C2)c1F)C1CC1. The van der Waals surface area contributed by atoms with Crippen LogP contribution in [0.2, 0.25) is 12.6 Å². The van der Waals surface area contributed by atoms with Gasteiger partial charge in [-0.25, -0.2) is 4.39 Å². The summed E-state index contributed by atoms with van der Waals surface area (Å²) in [6.45, 7) is 9.65. The van der Waals surface area contributed by atoms with E-state index in [-0.39, 0.29) is 27.1 Å². The zero-order chi connectivity index (χ0) is 15.4. The molecule has 2 fully saturated rings. The van der Waals surface area contributed by atoms with Crippen molar-refractivity contribution in [2.75, 3.05) is 0 Å². The Morgan fingerprint density at radius 3 is 2.24 bits per heavy atom. The Balaban J connectivity index is 1.93. The van der Waals surface area contributed by atoms with Crippen molar-refractivity contribution in [3.05, 3.63) is 24.0 Å². The first kappa shape index (κ1) is 15.3. The summed E-state index contributed by atoms with van der Waals surface area (Å²) >= 11 is 0. The van der Waals surface area contributed by atoms with Gasteiger partial charge in [-0.05, 0) is 35.2 Å². The van der Waals surface area contributed by atoms with Crippen LogP contribution in [0.15, 0.2) is 23.1 Å². The molecule has 114 valence electrons. The molecular formula is C18H26BFS. The van der Waals surface area contributed by atoms with E-state index in [0.717, 1.165) is 23.0 Å². The summed E-state index contributed by atoms with van der Waals surface area (Å²) in [7, 11) is -0.159. The van der Waals surface area contributed by atoms with E-state index in [1.165, 1.54) is 12.8 Å². The van der Waals surface area contributed by atoms with Gasteiger partial charge in [-0.1, -0.05) is 58.3 Å². The van der Waals surface area contributed by atoms with E-state index < -0.39 is 0 Å². The lowest BCUT2D eigenvalue weighted by molar-refractivity contribution is 0.177. The number of benzene rings is 1. The summed E-state index contributed by atoms with van der Waals surface area (Å²) in [6.07, 6.45) is 4.60. The summed E-state index contributed by atoms with van der Waals surface area (Å²) in [5, 5.41) is 0.631. The molecule has 1 aromatic carbocycles. The fourth-order valence-electron chi connectivity index (χ4n) is 3.65. The third kappa shape index (κ3) is 2.63. The molecule has 0 spiro atoms. The first-order valence-corrected chi connectivity index (χ1v) is 9.50. The molecule has 1 saturated carbocycles. The van der Waals surface area contributed by atoms with E-state index in [1.807, 2.05) is 18.2 Å². The Kier molecular flexibility index (Phi) is 3.63. The van der Waals surface area contributed by atoms with Gasteiger partial charge in [0.1, 0.15) is 5.82 Å². The van der Waals surface area contributed by atoms with Crippen molar-refractivity contribution in [3.63, 3.8) is 0 Å². The molecule has 3 rings (SSSR count). The van der Waals surface area contributed by atoms with E-state index in [4.69, 9.17) is 0 Å². The van der Waals surface area contributed by atoms with Gasteiger partial charge in [0.2, 0.25) is 0 Å². The van der Waals surface area contributed by atoms with Gasteiger partial charge in [0.25, 0.3) is 0 Å². The van der Waals surface area contributed by atoms with E-state index in [9.17, 15) is 0 Å². The molecule has 1 aliphatic carbocycles. The van der Waals surface area contributed by atoms with Gasteiger partial charge in [-0.15, -0.1) is 0 Å². The molecule has 21 heavy (non-hydrogen) atoms. The molecule has 3 heteroatoms. The van der Waals surface area contributed by atoms with E-state index >= 15 is 4.39 Å². The van der Waals surface area contributed by atoms with E-state index in [0.29, 0.717) is 12.0 Å². The largest absolute Gasteiger partial charge is 0.206 e. The highest BCUT2D eigenvalue weighted by Gasteiger charge is 2.48. The van der Waals surface area contributed by atoms with Crippen LogP contribution in [-0.4, -0.2) is 17.8 Å². The van der Waals surface area contributed by atoms with E-state index in [2.05, 4.69) is 33.6 Å². The Bertz CT molecular complexity index is 571. The van der Waals surface area contributed by atoms with Gasteiger partial charge < -0.3 is 0 Å². The second-order valence-corrected chi connectivity index (χ2v) is 10.1. The van der Waals surface area contributed by atoms with Gasteiger partial charge in [-0.2, -0.15) is 10.5 Å². The molecule has 0 amide bonds. The second kappa shape index (κ2) is 4.98. The van der Waals surface area contributed by atoms with Gasteiger partial charge >= 0.3 is 0 Å². The zero-order valence-corrected chi connectivity index (χ0v) is 14.5. The van der Waals surface area contributed by atoms with Crippen LogP contribution in [-0.2, 0) is 0 Å². The lowest BCUT2D eigenvalue weighted by Gasteiger charge is -2.35. The maximum Gasteiger partial charge on any atom is 0.180 e. The number of hydrogen-bond donors (Lipinski definition) is 0. The maximum absolute atomic E-state index is 15.0. The van der Waals surface area contributed by atoms with Gasteiger partial charge in [0.05, 0.1) is 0 Å². The molecule has 0 aromatic heterocycles. The highest BCUT2D eigenvalue weighted by atomic mass is 32.2. The minimum absolute atomic E-state index is 0.0428. The van der Waals surface area contributed by atoms with Crippen molar-refractivity contribution in [3.8, 4) is 0 Å². The maximum atomic E-state index is 15.0. The number of hydrogen-bond acceptors (Lipinski definition) is 0. The first-order chi connectivity index (χ1) is 9.73. The van der Waals surface area contributed by atoms with E-state index in [1.54, 1.807) is 0 Å². The standard InChI is InChI=1S/C18H26BFS/c1-17(2)11-19(12-18(17,3)4)14-7-6-8-15(16(14)20)21(5)13-9-10-13/h6-8,13H,5,9-12H2,1-4H3. The predicted molar refractivity (Wildman–Crippen MR) is 95.0 cm³/mol. The summed E-state index contributed by atoms with van der Waals surface area (Å²) in [6, 6.07) is 6.00. The quantitative estimate of drug-likeness (QED) is 0.555. The van der Waals surface area contributed by atoms with Crippen molar-refractivity contribution in [2.24, 2.45) is 10.8 Å². The normalized spacial score (nSPS) is 25.1. The molecule has 1 atom stereocenters. The van der Waals surface area contributed by atoms with Crippen molar-refractivity contribution >= 4 is 28.5 Å². The monoisotopic (exact) mass is 304 g/mol. The van der Waals surface area contributed by atoms with Crippen molar-refractivity contribution < 1.29 is 4.39 Å². The number of rotatable bonds is 3. The van der Waals surface area contributed by atoms with Gasteiger partial charge in [0, 0.05) is 10.1 Å². The number of halogens is 1. The summed E-state index contributed by atoms with van der Waals surface area (Å²) in [5.41, 5.74) is 1.47. The molecule has 1 heterocycles. The predicted octanol–water partition coefficient (Wildman–Crippen LogP) is 4.82. The fraction of sp³-hybridized carbons (Fsp3) is 0.611. The molecule has 1 aliphatic heterocycles. The minimum atomic E-state index is -0.159. The Labute approximate surface area is 131 Å². The Morgan fingerprint density at radius 2 is 1.71 bits per heavy atom. The lowest BCUT2D eigenvalue weighted by atomic mass is 9.42. The Hall–Kier alpha value is -0.565. The molecule has 1 unspecified atom stereocenters. The third-order valence-electron chi connectivity index (χ3n) is 5.99. The lowest BCUT2D eigenvalue weighted by Crippen LogP contribution is -2.31. The summed E-state index contributed by atoms with van der Waals surface area (Å²) in [5.74, 6) is 4.29. The van der Waals surface area contributed by atoms with Crippen LogP contribution in [0, 0.1) is 16.6 Å². The van der Waals surface area contributed by atoms with Crippen LogP contribution in [0.1, 0.15) is 40.5 Å². The topological polar surface area (TPSA) is 0 Å². The van der Waals surface area contributed by atoms with Gasteiger partial charge in [-0.3, -0.25) is 0 Å². The molecule has 0 nitrogen and oxygen atoms in total. The summed E-state index contributed by atoms with van der Waals surface area (Å²) in [4.78, 5) is 0.873. The average Bonchev–Trinajstić information content (AvgIpc) is 3.17. The second-order valence-electron chi connectivity index (χ2n) is 8.16. The molecule has 1 saturated heterocycles. The van der Waals surface area contributed by atoms with Crippen LogP contribution in [0.25, 0.3) is 0 Å². The molecule has 0 radical (unpaired) electrons. The smallest absolute Gasteiger partial charge is 0.180 e. The van der Waals surface area contributed by atoms with Crippen LogP contribution in [0.4, 0.5) is 4.39 Å². The highest BCUT2D eigenvalue weighted by Crippen LogP contribution is 2.53. The van der Waals surface area contributed by atoms with Crippen LogP contribution < -0.4 is 5.46 Å². The van der Waals surface area contributed by atoms with Crippen LogP contribution >= 0.6 is 10.5 Å². The van der Waals surface area contributed by atoms with Gasteiger partial charge in [0.15, 0.2) is 6.71 Å².